The summed E-state index contributed by atoms with van der Waals surface area (Å²) in [6, 6.07) is 8.53. The minimum Gasteiger partial charge on any atom is -0.395 e. The molecule has 0 aliphatic heterocycles. The fourth-order valence-corrected chi connectivity index (χ4v) is 2.51. The van der Waals surface area contributed by atoms with Crippen molar-refractivity contribution in [1.82, 2.24) is 9.88 Å². The molecule has 0 saturated carbocycles. The van der Waals surface area contributed by atoms with Gasteiger partial charge in [0.1, 0.15) is 0 Å². The Balaban J connectivity index is 2.18. The molecule has 0 radical (unpaired) electrons. The summed E-state index contributed by atoms with van der Waals surface area (Å²) in [7, 11) is 2.07. The number of H-pyrrole nitrogens is 1. The van der Waals surface area contributed by atoms with Gasteiger partial charge in [0.15, 0.2) is 0 Å². The molecule has 98 valence electrons. The first-order valence-electron chi connectivity index (χ1n) is 6.49. The summed E-state index contributed by atoms with van der Waals surface area (Å²) in [5.41, 5.74) is 2.46. The van der Waals surface area contributed by atoms with Gasteiger partial charge >= 0.3 is 0 Å². The number of aromatic nitrogens is 1. The number of aliphatic hydroxyl groups excluding tert-OH is 1. The second-order valence-corrected chi connectivity index (χ2v) is 5.27. The predicted octanol–water partition coefficient (Wildman–Crippen LogP) is 2.62. The van der Waals surface area contributed by atoms with Crippen molar-refractivity contribution in [3.8, 4) is 0 Å². The van der Waals surface area contributed by atoms with E-state index in [2.05, 4.69) is 55.2 Å². The van der Waals surface area contributed by atoms with Crippen LogP contribution in [0, 0.1) is 5.92 Å². The van der Waals surface area contributed by atoms with Gasteiger partial charge in [-0.05, 0) is 24.6 Å². The van der Waals surface area contributed by atoms with E-state index in [0.717, 1.165) is 6.54 Å². The molecule has 1 unspecified atom stereocenters. The second-order valence-electron chi connectivity index (χ2n) is 5.27. The van der Waals surface area contributed by atoms with Gasteiger partial charge in [0.25, 0.3) is 0 Å². The van der Waals surface area contributed by atoms with E-state index >= 15 is 0 Å². The van der Waals surface area contributed by atoms with E-state index in [1.807, 2.05) is 6.07 Å². The predicted molar refractivity (Wildman–Crippen MR) is 75.5 cm³/mol. The molecule has 3 heteroatoms. The molecule has 0 aliphatic carbocycles. The zero-order valence-corrected chi connectivity index (χ0v) is 11.4. The van der Waals surface area contributed by atoms with Crippen LogP contribution in [0.4, 0.5) is 0 Å². The number of aromatic amines is 1. The number of hydrogen-bond donors (Lipinski definition) is 2. The van der Waals surface area contributed by atoms with Gasteiger partial charge in [-0.3, -0.25) is 4.90 Å². The molecular weight excluding hydrogens is 224 g/mol. The SMILES string of the molecule is CC(C)C(CO)N(C)Cc1c[nH]c2ccccc12. The molecule has 1 atom stereocenters. The first-order chi connectivity index (χ1) is 8.63. The zero-order chi connectivity index (χ0) is 13.1. The highest BCUT2D eigenvalue weighted by molar-refractivity contribution is 5.82. The number of hydrogen-bond acceptors (Lipinski definition) is 2. The molecule has 2 rings (SSSR count). The smallest absolute Gasteiger partial charge is 0.0589 e. The molecule has 2 N–H and O–H groups in total. The fourth-order valence-electron chi connectivity index (χ4n) is 2.51. The van der Waals surface area contributed by atoms with Crippen molar-refractivity contribution in [2.24, 2.45) is 5.92 Å². The van der Waals surface area contributed by atoms with Crippen molar-refractivity contribution in [3.63, 3.8) is 0 Å². The van der Waals surface area contributed by atoms with Gasteiger partial charge in [-0.2, -0.15) is 0 Å². The summed E-state index contributed by atoms with van der Waals surface area (Å²) in [4.78, 5) is 5.51. The van der Waals surface area contributed by atoms with E-state index in [4.69, 9.17) is 0 Å². The van der Waals surface area contributed by atoms with Crippen LogP contribution in [0.5, 0.6) is 0 Å². The molecule has 1 aromatic carbocycles. The highest BCUT2D eigenvalue weighted by atomic mass is 16.3. The molecule has 18 heavy (non-hydrogen) atoms. The maximum atomic E-state index is 9.46. The average Bonchev–Trinajstić information content (AvgIpc) is 2.73. The first kappa shape index (κ1) is 13.1. The Morgan fingerprint density at radius 2 is 2.00 bits per heavy atom. The van der Waals surface area contributed by atoms with Crippen molar-refractivity contribution < 1.29 is 5.11 Å². The molecule has 1 aromatic heterocycles. The average molecular weight is 246 g/mol. The van der Waals surface area contributed by atoms with Gasteiger partial charge in [0.05, 0.1) is 6.61 Å². The lowest BCUT2D eigenvalue weighted by Gasteiger charge is -2.29. The van der Waals surface area contributed by atoms with Crippen molar-refractivity contribution in [1.29, 1.82) is 0 Å². The number of nitrogens with zero attached hydrogens (tertiary/aromatic N) is 1. The molecule has 3 nitrogen and oxygen atoms in total. The van der Waals surface area contributed by atoms with E-state index in [9.17, 15) is 5.11 Å². The fraction of sp³-hybridized carbons (Fsp3) is 0.467. The van der Waals surface area contributed by atoms with Crippen molar-refractivity contribution >= 4 is 10.9 Å². The lowest BCUT2D eigenvalue weighted by molar-refractivity contribution is 0.108. The molecule has 0 amide bonds. The number of rotatable bonds is 5. The van der Waals surface area contributed by atoms with E-state index in [0.29, 0.717) is 5.92 Å². The first-order valence-corrected chi connectivity index (χ1v) is 6.49. The molecule has 0 aliphatic rings. The summed E-state index contributed by atoms with van der Waals surface area (Å²) in [6.45, 7) is 5.35. The maximum Gasteiger partial charge on any atom is 0.0589 e. The lowest BCUT2D eigenvalue weighted by atomic mass is 10.0. The minimum absolute atomic E-state index is 0.205. The van der Waals surface area contributed by atoms with Crippen LogP contribution in [0.25, 0.3) is 10.9 Å². The number of para-hydroxylation sites is 1. The lowest BCUT2D eigenvalue weighted by Crippen LogP contribution is -2.38. The molecule has 0 saturated heterocycles. The van der Waals surface area contributed by atoms with Gasteiger partial charge < -0.3 is 10.1 Å². The summed E-state index contributed by atoms with van der Waals surface area (Å²) in [5.74, 6) is 0.449. The highest BCUT2D eigenvalue weighted by Gasteiger charge is 2.18. The zero-order valence-electron chi connectivity index (χ0n) is 11.4. The molecule has 0 spiro atoms. The second kappa shape index (κ2) is 5.55. The maximum absolute atomic E-state index is 9.46. The molecule has 0 fully saturated rings. The Hall–Kier alpha value is -1.32. The van der Waals surface area contributed by atoms with E-state index < -0.39 is 0 Å². The molecule has 1 heterocycles. The number of aliphatic hydroxyl groups is 1. The molecular formula is C15H22N2O. The van der Waals surface area contributed by atoms with Gasteiger partial charge in [0.2, 0.25) is 0 Å². The van der Waals surface area contributed by atoms with Crippen LogP contribution in [0.1, 0.15) is 19.4 Å². The minimum atomic E-state index is 0.205. The largest absolute Gasteiger partial charge is 0.395 e. The van der Waals surface area contributed by atoms with Gasteiger partial charge in [-0.15, -0.1) is 0 Å². The summed E-state index contributed by atoms with van der Waals surface area (Å²) < 4.78 is 0. The monoisotopic (exact) mass is 246 g/mol. The third-order valence-electron chi connectivity index (χ3n) is 3.62. The van der Waals surface area contributed by atoms with Crippen LogP contribution in [-0.2, 0) is 6.54 Å². The van der Waals surface area contributed by atoms with Crippen LogP contribution in [0.15, 0.2) is 30.5 Å². The number of fused-ring (bicyclic) bond motifs is 1. The third-order valence-corrected chi connectivity index (χ3v) is 3.62. The van der Waals surface area contributed by atoms with E-state index in [1.165, 1.54) is 16.5 Å². The van der Waals surface area contributed by atoms with Crippen LogP contribution in [-0.4, -0.2) is 34.7 Å². The molecule has 0 bridgehead atoms. The Bertz CT molecular complexity index is 504. The summed E-state index contributed by atoms with van der Waals surface area (Å²) in [6.07, 6.45) is 2.07. The number of likely N-dealkylation sites (N-methyl/N-ethyl adjacent to an activating group) is 1. The van der Waals surface area contributed by atoms with Crippen LogP contribution in [0.3, 0.4) is 0 Å². The van der Waals surface area contributed by atoms with Crippen LogP contribution < -0.4 is 0 Å². The van der Waals surface area contributed by atoms with Gasteiger partial charge in [-0.1, -0.05) is 32.0 Å². The Kier molecular flexibility index (Phi) is 4.04. The standard InChI is InChI=1S/C15H22N2O/c1-11(2)15(10-18)17(3)9-12-8-16-14-7-5-4-6-13(12)14/h4-8,11,15-16,18H,9-10H2,1-3H3. The van der Waals surface area contributed by atoms with Gasteiger partial charge in [-0.25, -0.2) is 0 Å². The van der Waals surface area contributed by atoms with E-state index in [1.54, 1.807) is 0 Å². The van der Waals surface area contributed by atoms with E-state index in [-0.39, 0.29) is 12.6 Å². The summed E-state index contributed by atoms with van der Waals surface area (Å²) in [5, 5.41) is 10.7. The third kappa shape index (κ3) is 2.57. The highest BCUT2D eigenvalue weighted by Crippen LogP contribution is 2.20. The van der Waals surface area contributed by atoms with Crippen LogP contribution >= 0.6 is 0 Å². The Morgan fingerprint density at radius 3 is 2.67 bits per heavy atom. The van der Waals surface area contributed by atoms with Crippen LogP contribution in [0.2, 0.25) is 0 Å². The Labute approximate surface area is 108 Å². The normalized spacial score (nSPS) is 13.7. The number of nitrogens with one attached hydrogen (secondary N) is 1. The van der Waals surface area contributed by atoms with Crippen molar-refractivity contribution in [2.45, 2.75) is 26.4 Å². The summed E-state index contributed by atoms with van der Waals surface area (Å²) >= 11 is 0. The molecule has 2 aromatic rings. The number of benzene rings is 1. The topological polar surface area (TPSA) is 39.3 Å². The van der Waals surface area contributed by atoms with Crippen molar-refractivity contribution in [3.05, 3.63) is 36.0 Å². The quantitative estimate of drug-likeness (QED) is 0.851. The Morgan fingerprint density at radius 1 is 1.28 bits per heavy atom. The van der Waals surface area contributed by atoms with Crippen molar-refractivity contribution in [2.75, 3.05) is 13.7 Å². The van der Waals surface area contributed by atoms with Gasteiger partial charge in [0, 0.05) is 29.7 Å².